The number of aromatic nitrogens is 3. The second-order valence-electron chi connectivity index (χ2n) is 4.24. The molecular formula is C13H15IN4. The van der Waals surface area contributed by atoms with Crippen LogP contribution < -0.4 is 5.32 Å². The van der Waals surface area contributed by atoms with Gasteiger partial charge in [0.2, 0.25) is 0 Å². The van der Waals surface area contributed by atoms with Crippen molar-refractivity contribution in [1.82, 2.24) is 15.0 Å². The maximum absolute atomic E-state index is 4.66. The van der Waals surface area contributed by atoms with Gasteiger partial charge in [-0.3, -0.25) is 4.98 Å². The van der Waals surface area contributed by atoms with E-state index in [2.05, 4.69) is 56.7 Å². The van der Waals surface area contributed by atoms with Gasteiger partial charge in [-0.2, -0.15) is 0 Å². The molecule has 0 spiro atoms. The molecule has 0 saturated carbocycles. The van der Waals surface area contributed by atoms with Gasteiger partial charge in [0.15, 0.2) is 5.82 Å². The van der Waals surface area contributed by atoms with Crippen molar-refractivity contribution in [2.45, 2.75) is 19.8 Å². The van der Waals surface area contributed by atoms with Crippen molar-refractivity contribution in [2.75, 3.05) is 12.4 Å². The average Bonchev–Trinajstić information content (AvgIpc) is 2.39. The van der Waals surface area contributed by atoms with E-state index in [0.717, 1.165) is 26.5 Å². The molecule has 18 heavy (non-hydrogen) atoms. The Kier molecular flexibility index (Phi) is 4.11. The van der Waals surface area contributed by atoms with Gasteiger partial charge in [-0.1, -0.05) is 13.8 Å². The summed E-state index contributed by atoms with van der Waals surface area (Å²) in [6.07, 6.45) is 3.51. The zero-order valence-electron chi connectivity index (χ0n) is 10.6. The van der Waals surface area contributed by atoms with Crippen LogP contribution in [0.15, 0.2) is 24.5 Å². The van der Waals surface area contributed by atoms with E-state index in [1.807, 2.05) is 19.2 Å². The monoisotopic (exact) mass is 354 g/mol. The van der Waals surface area contributed by atoms with Gasteiger partial charge in [0.25, 0.3) is 0 Å². The highest BCUT2D eigenvalue weighted by Gasteiger charge is 2.14. The van der Waals surface area contributed by atoms with Gasteiger partial charge in [-0.05, 0) is 40.6 Å². The average molecular weight is 354 g/mol. The first-order chi connectivity index (χ1) is 8.63. The molecule has 1 N–H and O–H groups in total. The van der Waals surface area contributed by atoms with Crippen molar-refractivity contribution >= 4 is 28.4 Å². The lowest BCUT2D eigenvalue weighted by Gasteiger charge is -2.13. The van der Waals surface area contributed by atoms with E-state index in [9.17, 15) is 0 Å². The highest BCUT2D eigenvalue weighted by molar-refractivity contribution is 14.1. The first-order valence-corrected chi connectivity index (χ1v) is 6.87. The summed E-state index contributed by atoms with van der Waals surface area (Å²) in [4.78, 5) is 13.2. The van der Waals surface area contributed by atoms with E-state index >= 15 is 0 Å². The van der Waals surface area contributed by atoms with E-state index in [0.29, 0.717) is 5.92 Å². The van der Waals surface area contributed by atoms with Crippen LogP contribution in [0.2, 0.25) is 0 Å². The summed E-state index contributed by atoms with van der Waals surface area (Å²) in [5.41, 5.74) is 2.06. The van der Waals surface area contributed by atoms with E-state index < -0.39 is 0 Å². The Bertz CT molecular complexity index is 540. The smallest absolute Gasteiger partial charge is 0.161 e. The molecule has 0 fully saturated rings. The minimum Gasteiger partial charge on any atom is -0.372 e. The Balaban J connectivity index is 2.59. The molecule has 2 rings (SSSR count). The lowest BCUT2D eigenvalue weighted by molar-refractivity contribution is 0.809. The SMILES string of the molecule is CNc1nc(-c2ccncc2)nc(C(C)C)c1I. The summed E-state index contributed by atoms with van der Waals surface area (Å²) in [6.45, 7) is 4.28. The summed E-state index contributed by atoms with van der Waals surface area (Å²) in [7, 11) is 1.88. The Morgan fingerprint density at radius 1 is 1.17 bits per heavy atom. The first-order valence-electron chi connectivity index (χ1n) is 5.79. The van der Waals surface area contributed by atoms with E-state index in [4.69, 9.17) is 0 Å². The summed E-state index contributed by atoms with van der Waals surface area (Å²) < 4.78 is 1.09. The first kappa shape index (κ1) is 13.2. The third-order valence-electron chi connectivity index (χ3n) is 2.60. The molecule has 94 valence electrons. The van der Waals surface area contributed by atoms with Crippen LogP contribution in [0.25, 0.3) is 11.4 Å². The van der Waals surface area contributed by atoms with Crippen LogP contribution in [0.1, 0.15) is 25.5 Å². The van der Waals surface area contributed by atoms with Crippen LogP contribution in [0, 0.1) is 3.57 Å². The molecule has 4 nitrogen and oxygen atoms in total. The number of hydrogen-bond acceptors (Lipinski definition) is 4. The summed E-state index contributed by atoms with van der Waals surface area (Å²) >= 11 is 2.29. The molecular weight excluding hydrogens is 339 g/mol. The minimum absolute atomic E-state index is 0.368. The Hall–Kier alpha value is -1.24. The predicted molar refractivity (Wildman–Crippen MR) is 81.6 cm³/mol. The molecule has 2 aromatic heterocycles. The molecule has 0 aliphatic heterocycles. The van der Waals surface area contributed by atoms with Gasteiger partial charge in [0, 0.05) is 25.0 Å². The number of hydrogen-bond donors (Lipinski definition) is 1. The molecule has 5 heteroatoms. The fourth-order valence-electron chi connectivity index (χ4n) is 1.64. The summed E-state index contributed by atoms with van der Waals surface area (Å²) in [5, 5.41) is 3.13. The van der Waals surface area contributed by atoms with Crippen LogP contribution in [0.3, 0.4) is 0 Å². The Morgan fingerprint density at radius 2 is 1.83 bits per heavy atom. The van der Waals surface area contributed by atoms with Gasteiger partial charge in [0.05, 0.1) is 9.26 Å². The normalized spacial score (nSPS) is 10.7. The standard InChI is InChI=1S/C13H15IN4/c1-8(2)11-10(14)13(15-3)18-12(17-11)9-4-6-16-7-5-9/h4-8H,1-3H3,(H,15,17,18). The molecule has 0 amide bonds. The third-order valence-corrected chi connectivity index (χ3v) is 3.66. The second-order valence-corrected chi connectivity index (χ2v) is 5.31. The molecule has 0 bridgehead atoms. The van der Waals surface area contributed by atoms with Crippen molar-refractivity contribution in [2.24, 2.45) is 0 Å². The van der Waals surface area contributed by atoms with E-state index in [1.54, 1.807) is 12.4 Å². The van der Waals surface area contributed by atoms with Gasteiger partial charge in [-0.15, -0.1) is 0 Å². The molecule has 2 aromatic rings. The summed E-state index contributed by atoms with van der Waals surface area (Å²) in [5.74, 6) is 1.99. The fraction of sp³-hybridized carbons (Fsp3) is 0.308. The Morgan fingerprint density at radius 3 is 2.39 bits per heavy atom. The van der Waals surface area contributed by atoms with Gasteiger partial charge >= 0.3 is 0 Å². The molecule has 0 atom stereocenters. The number of pyridine rings is 1. The van der Waals surface area contributed by atoms with Crippen molar-refractivity contribution in [1.29, 1.82) is 0 Å². The highest BCUT2D eigenvalue weighted by Crippen LogP contribution is 2.27. The number of anilines is 1. The molecule has 0 unspecified atom stereocenters. The number of rotatable bonds is 3. The minimum atomic E-state index is 0.368. The fourth-order valence-corrected chi connectivity index (χ4v) is 2.78. The van der Waals surface area contributed by atoms with Crippen LogP contribution in [0.5, 0.6) is 0 Å². The van der Waals surface area contributed by atoms with E-state index in [-0.39, 0.29) is 0 Å². The van der Waals surface area contributed by atoms with Gasteiger partial charge < -0.3 is 5.32 Å². The number of nitrogens with one attached hydrogen (secondary N) is 1. The lowest BCUT2D eigenvalue weighted by Crippen LogP contribution is -2.06. The molecule has 0 aliphatic carbocycles. The molecule has 0 saturated heterocycles. The maximum atomic E-state index is 4.66. The molecule has 0 aromatic carbocycles. The van der Waals surface area contributed by atoms with Crippen LogP contribution in [-0.4, -0.2) is 22.0 Å². The zero-order valence-corrected chi connectivity index (χ0v) is 12.8. The quantitative estimate of drug-likeness (QED) is 0.860. The van der Waals surface area contributed by atoms with Crippen LogP contribution in [0.4, 0.5) is 5.82 Å². The van der Waals surface area contributed by atoms with Crippen molar-refractivity contribution in [3.8, 4) is 11.4 Å². The van der Waals surface area contributed by atoms with Crippen molar-refractivity contribution < 1.29 is 0 Å². The van der Waals surface area contributed by atoms with E-state index in [1.165, 1.54) is 0 Å². The van der Waals surface area contributed by atoms with Crippen LogP contribution >= 0.6 is 22.6 Å². The Labute approximate surface area is 120 Å². The van der Waals surface area contributed by atoms with Gasteiger partial charge in [-0.25, -0.2) is 9.97 Å². The van der Waals surface area contributed by atoms with Gasteiger partial charge in [0.1, 0.15) is 5.82 Å². The second kappa shape index (κ2) is 5.60. The van der Waals surface area contributed by atoms with Crippen LogP contribution in [-0.2, 0) is 0 Å². The zero-order chi connectivity index (χ0) is 13.1. The van der Waals surface area contributed by atoms with Crippen molar-refractivity contribution in [3.63, 3.8) is 0 Å². The largest absolute Gasteiger partial charge is 0.372 e. The molecule has 2 heterocycles. The lowest BCUT2D eigenvalue weighted by atomic mass is 10.1. The third kappa shape index (κ3) is 2.60. The number of nitrogens with zero attached hydrogens (tertiary/aromatic N) is 3. The molecule has 0 radical (unpaired) electrons. The summed E-state index contributed by atoms with van der Waals surface area (Å²) in [6, 6.07) is 3.84. The number of halogens is 1. The topological polar surface area (TPSA) is 50.7 Å². The maximum Gasteiger partial charge on any atom is 0.161 e. The van der Waals surface area contributed by atoms with Crippen molar-refractivity contribution in [3.05, 3.63) is 33.8 Å². The molecule has 0 aliphatic rings. The predicted octanol–water partition coefficient (Wildman–Crippen LogP) is 3.31. The highest BCUT2D eigenvalue weighted by atomic mass is 127.